The van der Waals surface area contributed by atoms with Gasteiger partial charge in [0.05, 0.1) is 6.54 Å². The van der Waals surface area contributed by atoms with Crippen LogP contribution in [-0.2, 0) is 11.3 Å². The van der Waals surface area contributed by atoms with E-state index in [0.29, 0.717) is 18.3 Å². The van der Waals surface area contributed by atoms with Gasteiger partial charge in [0.15, 0.2) is 5.82 Å². The van der Waals surface area contributed by atoms with Crippen LogP contribution in [0, 0.1) is 11.3 Å². The highest BCUT2D eigenvalue weighted by Crippen LogP contribution is 2.43. The molecule has 0 aliphatic heterocycles. The van der Waals surface area contributed by atoms with Crippen molar-refractivity contribution in [3.63, 3.8) is 0 Å². The number of tetrazole rings is 1. The van der Waals surface area contributed by atoms with Gasteiger partial charge in [-0.1, -0.05) is 31.9 Å². The zero-order chi connectivity index (χ0) is 13.0. The van der Waals surface area contributed by atoms with Crippen molar-refractivity contribution in [3.8, 4) is 0 Å². The van der Waals surface area contributed by atoms with Gasteiger partial charge in [0.25, 0.3) is 0 Å². The zero-order valence-electron chi connectivity index (χ0n) is 11.1. The van der Waals surface area contributed by atoms with Crippen LogP contribution in [0.4, 0.5) is 0 Å². The molecule has 0 radical (unpaired) electrons. The van der Waals surface area contributed by atoms with Crippen molar-refractivity contribution >= 4 is 5.91 Å². The third kappa shape index (κ3) is 2.86. The SMILES string of the molecule is CC(C)CC1(C(=O)NCc2nn[nH]n2)CCCC1. The lowest BCUT2D eigenvalue weighted by atomic mass is 9.77. The molecule has 1 saturated carbocycles. The highest BCUT2D eigenvalue weighted by Gasteiger charge is 2.41. The van der Waals surface area contributed by atoms with Gasteiger partial charge < -0.3 is 5.32 Å². The van der Waals surface area contributed by atoms with Crippen molar-refractivity contribution in [1.82, 2.24) is 25.9 Å². The monoisotopic (exact) mass is 251 g/mol. The van der Waals surface area contributed by atoms with Crippen molar-refractivity contribution in [3.05, 3.63) is 5.82 Å². The predicted octanol–water partition coefficient (Wildman–Crippen LogP) is 1.42. The molecule has 2 N–H and O–H groups in total. The fourth-order valence-electron chi connectivity index (χ4n) is 2.96. The molecule has 1 amide bonds. The van der Waals surface area contributed by atoms with Crippen LogP contribution in [0.25, 0.3) is 0 Å². The number of rotatable bonds is 5. The number of carbonyl (C=O) groups is 1. The third-order valence-electron chi connectivity index (χ3n) is 3.64. The Balaban J connectivity index is 1.95. The van der Waals surface area contributed by atoms with Crippen LogP contribution < -0.4 is 5.32 Å². The minimum atomic E-state index is -0.169. The number of hydrogen-bond acceptors (Lipinski definition) is 4. The Kier molecular flexibility index (Phi) is 3.93. The van der Waals surface area contributed by atoms with Crippen molar-refractivity contribution in [2.45, 2.75) is 52.5 Å². The Morgan fingerprint density at radius 1 is 1.44 bits per heavy atom. The molecule has 0 atom stereocenters. The average Bonchev–Trinajstić information content (AvgIpc) is 2.96. The van der Waals surface area contributed by atoms with E-state index in [0.717, 1.165) is 32.1 Å². The standard InChI is InChI=1S/C12H21N5O/c1-9(2)7-12(5-3-4-6-12)11(18)13-8-10-14-16-17-15-10/h9H,3-8H2,1-2H3,(H,13,18)(H,14,15,16,17). The van der Waals surface area contributed by atoms with E-state index in [9.17, 15) is 4.79 Å². The highest BCUT2D eigenvalue weighted by atomic mass is 16.2. The molecule has 0 unspecified atom stereocenters. The summed E-state index contributed by atoms with van der Waals surface area (Å²) < 4.78 is 0. The third-order valence-corrected chi connectivity index (χ3v) is 3.64. The number of amides is 1. The maximum absolute atomic E-state index is 12.4. The van der Waals surface area contributed by atoms with E-state index in [2.05, 4.69) is 39.8 Å². The van der Waals surface area contributed by atoms with Crippen molar-refractivity contribution in [1.29, 1.82) is 0 Å². The summed E-state index contributed by atoms with van der Waals surface area (Å²) in [6.07, 6.45) is 5.28. The summed E-state index contributed by atoms with van der Waals surface area (Å²) in [7, 11) is 0. The molecule has 1 aliphatic rings. The van der Waals surface area contributed by atoms with Gasteiger partial charge in [-0.2, -0.15) is 5.21 Å². The zero-order valence-corrected chi connectivity index (χ0v) is 11.1. The highest BCUT2D eigenvalue weighted by molar-refractivity contribution is 5.82. The molecule has 1 aliphatic carbocycles. The van der Waals surface area contributed by atoms with Gasteiger partial charge in [0.2, 0.25) is 5.91 Å². The van der Waals surface area contributed by atoms with E-state index in [1.807, 2.05) is 0 Å². The van der Waals surface area contributed by atoms with E-state index in [1.54, 1.807) is 0 Å². The number of nitrogens with zero attached hydrogens (tertiary/aromatic N) is 3. The maximum atomic E-state index is 12.4. The Bertz CT molecular complexity index is 381. The van der Waals surface area contributed by atoms with E-state index in [4.69, 9.17) is 0 Å². The van der Waals surface area contributed by atoms with E-state index < -0.39 is 0 Å². The number of aromatic nitrogens is 4. The van der Waals surface area contributed by atoms with Crippen molar-refractivity contribution in [2.24, 2.45) is 11.3 Å². The summed E-state index contributed by atoms with van der Waals surface area (Å²) in [5.74, 6) is 1.22. The van der Waals surface area contributed by atoms with Crippen LogP contribution in [0.3, 0.4) is 0 Å². The number of nitrogens with one attached hydrogen (secondary N) is 2. The van der Waals surface area contributed by atoms with Gasteiger partial charge in [-0.05, 0) is 25.2 Å². The van der Waals surface area contributed by atoms with Crippen LogP contribution >= 0.6 is 0 Å². The normalized spacial score (nSPS) is 18.2. The molecule has 6 nitrogen and oxygen atoms in total. The second-order valence-electron chi connectivity index (χ2n) is 5.60. The summed E-state index contributed by atoms with van der Waals surface area (Å²) in [6, 6.07) is 0. The first-order valence-corrected chi connectivity index (χ1v) is 6.63. The molecular formula is C12H21N5O. The first-order chi connectivity index (χ1) is 8.62. The molecule has 1 fully saturated rings. The fourth-order valence-corrected chi connectivity index (χ4v) is 2.96. The molecule has 0 bridgehead atoms. The number of H-pyrrole nitrogens is 1. The van der Waals surface area contributed by atoms with Gasteiger partial charge in [-0.3, -0.25) is 4.79 Å². The predicted molar refractivity (Wildman–Crippen MR) is 66.4 cm³/mol. The molecule has 100 valence electrons. The Labute approximate surface area is 107 Å². The Morgan fingerprint density at radius 2 is 2.17 bits per heavy atom. The second kappa shape index (κ2) is 5.46. The molecule has 18 heavy (non-hydrogen) atoms. The quantitative estimate of drug-likeness (QED) is 0.829. The number of hydrogen-bond donors (Lipinski definition) is 2. The second-order valence-corrected chi connectivity index (χ2v) is 5.60. The Hall–Kier alpha value is -1.46. The molecule has 0 saturated heterocycles. The summed E-state index contributed by atoms with van der Waals surface area (Å²) in [4.78, 5) is 12.4. The van der Waals surface area contributed by atoms with Gasteiger partial charge in [-0.15, -0.1) is 10.2 Å². The molecule has 2 rings (SSSR count). The number of carbonyl (C=O) groups excluding carboxylic acids is 1. The van der Waals surface area contributed by atoms with E-state index >= 15 is 0 Å². The van der Waals surface area contributed by atoms with Crippen LogP contribution in [-0.4, -0.2) is 26.5 Å². The topological polar surface area (TPSA) is 83.6 Å². The molecular weight excluding hydrogens is 230 g/mol. The van der Waals surface area contributed by atoms with Crippen LogP contribution in [0.5, 0.6) is 0 Å². The van der Waals surface area contributed by atoms with E-state index in [-0.39, 0.29) is 11.3 Å². The van der Waals surface area contributed by atoms with Gasteiger partial charge >= 0.3 is 0 Å². The fraction of sp³-hybridized carbons (Fsp3) is 0.833. The first kappa shape index (κ1) is 13.0. The summed E-state index contributed by atoms with van der Waals surface area (Å²) in [6.45, 7) is 4.70. The smallest absolute Gasteiger partial charge is 0.226 e. The minimum Gasteiger partial charge on any atom is -0.348 e. The molecule has 1 aromatic heterocycles. The minimum absolute atomic E-state index is 0.151. The van der Waals surface area contributed by atoms with Crippen molar-refractivity contribution in [2.75, 3.05) is 0 Å². The van der Waals surface area contributed by atoms with Gasteiger partial charge in [0.1, 0.15) is 0 Å². The molecule has 1 heterocycles. The molecule has 0 spiro atoms. The lowest BCUT2D eigenvalue weighted by Crippen LogP contribution is -2.40. The molecule has 6 heteroatoms. The molecule has 1 aromatic rings. The van der Waals surface area contributed by atoms with Crippen LogP contribution in [0.1, 0.15) is 51.8 Å². The lowest BCUT2D eigenvalue weighted by molar-refractivity contribution is -0.132. The van der Waals surface area contributed by atoms with Crippen molar-refractivity contribution < 1.29 is 4.79 Å². The largest absolute Gasteiger partial charge is 0.348 e. The lowest BCUT2D eigenvalue weighted by Gasteiger charge is -2.29. The molecule has 0 aromatic carbocycles. The first-order valence-electron chi connectivity index (χ1n) is 6.63. The average molecular weight is 251 g/mol. The van der Waals surface area contributed by atoms with Gasteiger partial charge in [-0.25, -0.2) is 0 Å². The van der Waals surface area contributed by atoms with Gasteiger partial charge in [0, 0.05) is 5.41 Å². The summed E-state index contributed by atoms with van der Waals surface area (Å²) in [5.41, 5.74) is -0.169. The summed E-state index contributed by atoms with van der Waals surface area (Å²) in [5, 5.41) is 16.5. The van der Waals surface area contributed by atoms with E-state index in [1.165, 1.54) is 0 Å². The maximum Gasteiger partial charge on any atom is 0.226 e. The number of aromatic amines is 1. The Morgan fingerprint density at radius 3 is 2.72 bits per heavy atom. The summed E-state index contributed by atoms with van der Waals surface area (Å²) >= 11 is 0. The van der Waals surface area contributed by atoms with Crippen LogP contribution in [0.2, 0.25) is 0 Å². The van der Waals surface area contributed by atoms with Crippen LogP contribution in [0.15, 0.2) is 0 Å².